The number of para-hydroxylation sites is 1. The fraction of sp³-hybridized carbons (Fsp3) is 0.464. The zero-order valence-corrected chi connectivity index (χ0v) is 28.3. The van der Waals surface area contributed by atoms with E-state index in [0.717, 1.165) is 70.4 Å². The number of halogens is 1. The third-order valence-corrected chi connectivity index (χ3v) is 11.4. The average Bonchev–Trinajstić information content (AvgIpc) is 3.39. The molecular weight excluding hydrogens is 640 g/mol. The minimum Gasteiger partial charge on any atom is -0.461 e. The largest absolute Gasteiger partial charge is 0.461 e. The highest BCUT2D eigenvalue weighted by atomic mass is 79.9. The molecule has 1 aromatic carbocycles. The van der Waals surface area contributed by atoms with Crippen molar-refractivity contribution in [2.75, 3.05) is 24.7 Å². The van der Waals surface area contributed by atoms with Crippen molar-refractivity contribution < 1.29 is 14.3 Å². The van der Waals surface area contributed by atoms with Gasteiger partial charge in [0.2, 0.25) is 0 Å². The van der Waals surface area contributed by atoms with Gasteiger partial charge in [-0.1, -0.05) is 54.4 Å². The zero-order chi connectivity index (χ0) is 29.1. The van der Waals surface area contributed by atoms with E-state index in [-0.39, 0.29) is 5.69 Å². The second kappa shape index (κ2) is 12.8. The molecule has 0 N–H and O–H groups in total. The molecular formula is C28H35BrN6O3S2Si. The van der Waals surface area contributed by atoms with Gasteiger partial charge < -0.3 is 14.4 Å². The number of thiazole rings is 2. The van der Waals surface area contributed by atoms with Gasteiger partial charge in [0.1, 0.15) is 10.5 Å². The number of nitrogens with zero attached hydrogens (tertiary/aromatic N) is 6. The summed E-state index contributed by atoms with van der Waals surface area (Å²) in [6, 6.07) is 9.43. The highest BCUT2D eigenvalue weighted by molar-refractivity contribution is 9.11. The highest BCUT2D eigenvalue weighted by Crippen LogP contribution is 2.39. The molecule has 0 saturated heterocycles. The fourth-order valence-corrected chi connectivity index (χ4v) is 7.88. The minimum atomic E-state index is -1.18. The Morgan fingerprint density at radius 2 is 1.98 bits per heavy atom. The van der Waals surface area contributed by atoms with E-state index in [9.17, 15) is 4.79 Å². The predicted octanol–water partition coefficient (Wildman–Crippen LogP) is 7.22. The average molecular weight is 676 g/mol. The van der Waals surface area contributed by atoms with Gasteiger partial charge in [-0.3, -0.25) is 4.57 Å². The van der Waals surface area contributed by atoms with Crippen molar-refractivity contribution in [3.63, 3.8) is 0 Å². The van der Waals surface area contributed by atoms with Gasteiger partial charge in [-0.25, -0.2) is 9.78 Å². The molecule has 4 aromatic rings. The number of benzene rings is 1. The van der Waals surface area contributed by atoms with Crippen molar-refractivity contribution in [1.82, 2.24) is 19.7 Å². The Balaban J connectivity index is 1.51. The molecule has 0 amide bonds. The molecule has 0 unspecified atom stereocenters. The van der Waals surface area contributed by atoms with Crippen LogP contribution in [-0.4, -0.2) is 53.6 Å². The third kappa shape index (κ3) is 6.80. The molecule has 9 nitrogen and oxygen atoms in total. The van der Waals surface area contributed by atoms with Crippen LogP contribution in [-0.2, 0) is 22.6 Å². The number of hydrogen-bond acceptors (Lipinski definition) is 10. The lowest BCUT2D eigenvalue weighted by Crippen LogP contribution is -2.23. The summed E-state index contributed by atoms with van der Waals surface area (Å²) in [4.78, 5) is 25.0. The first-order valence-corrected chi connectivity index (χ1v) is 20.0. The number of anilines is 2. The van der Waals surface area contributed by atoms with Crippen LogP contribution in [0.15, 0.2) is 33.0 Å². The van der Waals surface area contributed by atoms with Crippen LogP contribution in [0.2, 0.25) is 25.7 Å². The lowest BCUT2D eigenvalue weighted by Gasteiger charge is -2.21. The molecule has 1 aliphatic rings. The van der Waals surface area contributed by atoms with E-state index in [4.69, 9.17) is 14.5 Å². The number of carbonyl (C=O) groups is 1. The Bertz CT molecular complexity index is 1630. The Morgan fingerprint density at radius 3 is 2.76 bits per heavy atom. The van der Waals surface area contributed by atoms with Crippen LogP contribution in [0, 0.1) is 6.92 Å². The number of esters is 1. The van der Waals surface area contributed by atoms with Crippen LogP contribution >= 0.6 is 38.6 Å². The van der Waals surface area contributed by atoms with E-state index in [1.807, 2.05) is 12.1 Å². The zero-order valence-electron chi connectivity index (χ0n) is 24.1. The summed E-state index contributed by atoms with van der Waals surface area (Å²) in [7, 11) is -1.18. The first-order valence-electron chi connectivity index (χ1n) is 13.8. The van der Waals surface area contributed by atoms with Gasteiger partial charge in [0.15, 0.2) is 27.3 Å². The van der Waals surface area contributed by atoms with E-state index in [0.29, 0.717) is 28.1 Å². The van der Waals surface area contributed by atoms with E-state index in [1.54, 1.807) is 18.3 Å². The number of fused-ring (bicyclic) bond motifs is 2. The Hall–Kier alpha value is -2.45. The summed E-state index contributed by atoms with van der Waals surface area (Å²) < 4.78 is 15.3. The summed E-state index contributed by atoms with van der Waals surface area (Å²) in [5.74, 6) is 0.949. The second-order valence-corrected chi connectivity index (χ2v) is 20.1. The molecule has 41 heavy (non-hydrogen) atoms. The normalized spacial score (nSPS) is 14.4. The maximum atomic E-state index is 12.4. The van der Waals surface area contributed by atoms with Crippen molar-refractivity contribution in [3.8, 4) is 0 Å². The van der Waals surface area contributed by atoms with Crippen LogP contribution in [0.4, 0.5) is 16.8 Å². The summed E-state index contributed by atoms with van der Waals surface area (Å²) in [5.41, 5.74) is 3.50. The monoisotopic (exact) mass is 674 g/mol. The molecule has 5 rings (SSSR count). The first kappa shape index (κ1) is 30.0. The molecule has 0 aliphatic carbocycles. The third-order valence-electron chi connectivity index (χ3n) is 6.89. The van der Waals surface area contributed by atoms with Crippen LogP contribution in [0.25, 0.3) is 10.2 Å². The molecule has 0 radical (unpaired) electrons. The first-order chi connectivity index (χ1) is 19.7. The molecule has 218 valence electrons. The van der Waals surface area contributed by atoms with Gasteiger partial charge in [0, 0.05) is 32.4 Å². The maximum absolute atomic E-state index is 12.4. The smallest absolute Gasteiger partial charge is 0.359 e. The van der Waals surface area contributed by atoms with Crippen LogP contribution in [0.3, 0.4) is 0 Å². The van der Waals surface area contributed by atoms with Gasteiger partial charge in [0.05, 0.1) is 16.8 Å². The molecule has 4 heterocycles. The molecule has 3 aromatic heterocycles. The molecule has 0 atom stereocenters. The molecule has 13 heteroatoms. The van der Waals surface area contributed by atoms with Gasteiger partial charge in [-0.2, -0.15) is 4.99 Å². The minimum absolute atomic E-state index is 0.287. The van der Waals surface area contributed by atoms with Crippen LogP contribution in [0.5, 0.6) is 0 Å². The summed E-state index contributed by atoms with van der Waals surface area (Å²) in [6.07, 6.45) is 2.86. The summed E-state index contributed by atoms with van der Waals surface area (Å²) >= 11 is 6.53. The predicted molar refractivity (Wildman–Crippen MR) is 172 cm³/mol. The van der Waals surface area contributed by atoms with Crippen molar-refractivity contribution in [2.24, 2.45) is 4.99 Å². The van der Waals surface area contributed by atoms with Crippen LogP contribution in [0.1, 0.15) is 41.4 Å². The van der Waals surface area contributed by atoms with E-state index in [1.165, 1.54) is 11.3 Å². The SMILES string of the molecule is CCOC(=O)c1nc(N2CCCCc3c2nnc(/N=c2\sc4ccccc4n2COCC[Si](C)(C)C)c3C)sc1Br. The standard InChI is InChI=1S/C28H35BrN6O3S2Si/c1-6-38-26(36)22-23(29)40-27(30-22)34-14-10-9-11-19-18(2)24(32-33-25(19)34)31-28-35(17-37-15-16-41(3,4)5)20-12-7-8-13-21(20)39-28/h7-8,12-13H,6,9-11,14-17H2,1-5H3/b31-28-. The molecule has 0 bridgehead atoms. The van der Waals surface area contributed by atoms with Gasteiger partial charge >= 0.3 is 5.97 Å². The number of rotatable bonds is 9. The fourth-order valence-electron chi connectivity index (χ4n) is 4.61. The van der Waals surface area contributed by atoms with Gasteiger partial charge in [0.25, 0.3) is 0 Å². The number of ether oxygens (including phenoxy) is 2. The van der Waals surface area contributed by atoms with E-state index < -0.39 is 14.0 Å². The molecule has 0 spiro atoms. The molecule has 0 saturated carbocycles. The van der Waals surface area contributed by atoms with Crippen molar-refractivity contribution in [3.05, 3.63) is 49.7 Å². The van der Waals surface area contributed by atoms with Crippen LogP contribution < -0.4 is 9.70 Å². The maximum Gasteiger partial charge on any atom is 0.359 e. The van der Waals surface area contributed by atoms with Crippen molar-refractivity contribution in [2.45, 2.75) is 65.5 Å². The van der Waals surface area contributed by atoms with E-state index in [2.05, 4.69) is 79.3 Å². The summed E-state index contributed by atoms with van der Waals surface area (Å²) in [6.45, 7) is 13.2. The lowest BCUT2D eigenvalue weighted by molar-refractivity contribution is 0.0519. The second-order valence-electron chi connectivity index (χ2n) is 11.1. The van der Waals surface area contributed by atoms with Crippen molar-refractivity contribution in [1.29, 1.82) is 0 Å². The Kier molecular flexibility index (Phi) is 9.39. The van der Waals surface area contributed by atoms with Crippen molar-refractivity contribution >= 4 is 79.6 Å². The number of aromatic nitrogens is 4. The molecule has 0 fully saturated rings. The quantitative estimate of drug-likeness (QED) is 0.105. The Labute approximate surface area is 257 Å². The van der Waals surface area contributed by atoms with Gasteiger partial charge in [-0.05, 0) is 67.2 Å². The lowest BCUT2D eigenvalue weighted by atomic mass is 10.1. The number of hydrogen-bond donors (Lipinski definition) is 0. The van der Waals surface area contributed by atoms with E-state index >= 15 is 0 Å². The summed E-state index contributed by atoms with van der Waals surface area (Å²) in [5, 5.41) is 9.99. The molecule has 1 aliphatic heterocycles. The Morgan fingerprint density at radius 1 is 1.17 bits per heavy atom. The van der Waals surface area contributed by atoms with Gasteiger partial charge in [-0.15, -0.1) is 10.2 Å². The number of carbonyl (C=O) groups excluding carboxylic acids is 1. The highest BCUT2D eigenvalue weighted by Gasteiger charge is 2.27. The topological polar surface area (TPSA) is 94.7 Å².